The van der Waals surface area contributed by atoms with Crippen LogP contribution in [0.1, 0.15) is 5.56 Å². The summed E-state index contributed by atoms with van der Waals surface area (Å²) in [5.41, 5.74) is 7.60. The van der Waals surface area contributed by atoms with Gasteiger partial charge in [0.15, 0.2) is 0 Å². The fourth-order valence-corrected chi connectivity index (χ4v) is 2.84. The predicted molar refractivity (Wildman–Crippen MR) is 54.1 cm³/mol. The summed E-state index contributed by atoms with van der Waals surface area (Å²) in [5.74, 6) is 0.539. The SMILES string of the molecule is NCCc1cccc2c1S(=O)CN2. The third-order valence-corrected chi connectivity index (χ3v) is 3.48. The zero-order valence-electron chi connectivity index (χ0n) is 7.25. The molecule has 1 aliphatic rings. The lowest BCUT2D eigenvalue weighted by atomic mass is 10.1. The van der Waals surface area contributed by atoms with Crippen LogP contribution in [0, 0.1) is 0 Å². The van der Waals surface area contributed by atoms with E-state index >= 15 is 0 Å². The molecular formula is C9H12N2OS. The van der Waals surface area contributed by atoms with Gasteiger partial charge >= 0.3 is 0 Å². The van der Waals surface area contributed by atoms with E-state index in [1.165, 1.54) is 0 Å². The lowest BCUT2D eigenvalue weighted by Gasteiger charge is -2.04. The zero-order valence-corrected chi connectivity index (χ0v) is 8.06. The molecule has 1 atom stereocenters. The Morgan fingerprint density at radius 3 is 3.15 bits per heavy atom. The maximum atomic E-state index is 11.6. The van der Waals surface area contributed by atoms with E-state index < -0.39 is 10.8 Å². The van der Waals surface area contributed by atoms with Crippen molar-refractivity contribution in [3.05, 3.63) is 23.8 Å². The van der Waals surface area contributed by atoms with Gasteiger partial charge in [0.1, 0.15) is 0 Å². The molecule has 1 aliphatic heterocycles. The Labute approximate surface area is 79.8 Å². The van der Waals surface area contributed by atoms with Crippen molar-refractivity contribution in [2.45, 2.75) is 11.3 Å². The normalized spacial score (nSPS) is 19.6. The van der Waals surface area contributed by atoms with Crippen molar-refractivity contribution < 1.29 is 4.21 Å². The van der Waals surface area contributed by atoms with Crippen molar-refractivity contribution in [3.8, 4) is 0 Å². The molecule has 0 spiro atoms. The second-order valence-electron chi connectivity index (χ2n) is 3.00. The predicted octanol–water partition coefficient (Wildman–Crippen LogP) is 0.678. The van der Waals surface area contributed by atoms with Gasteiger partial charge in [-0.2, -0.15) is 0 Å². The highest BCUT2D eigenvalue weighted by molar-refractivity contribution is 7.85. The Bertz CT molecular complexity index is 351. The molecule has 3 N–H and O–H groups in total. The van der Waals surface area contributed by atoms with Gasteiger partial charge in [-0.05, 0) is 24.6 Å². The van der Waals surface area contributed by atoms with Gasteiger partial charge in [0.25, 0.3) is 0 Å². The van der Waals surface area contributed by atoms with Crippen molar-refractivity contribution in [3.63, 3.8) is 0 Å². The van der Waals surface area contributed by atoms with Crippen LogP contribution in [0.25, 0.3) is 0 Å². The fraction of sp³-hybridized carbons (Fsp3) is 0.333. The number of nitrogens with two attached hydrogens (primary N) is 1. The summed E-state index contributed by atoms with van der Waals surface area (Å²) >= 11 is 0. The molecule has 0 saturated carbocycles. The van der Waals surface area contributed by atoms with Crippen LogP contribution in [-0.4, -0.2) is 16.6 Å². The number of rotatable bonds is 2. The minimum atomic E-state index is -0.877. The first-order valence-corrected chi connectivity index (χ1v) is 5.59. The molecule has 0 bridgehead atoms. The average Bonchev–Trinajstić information content (AvgIpc) is 2.50. The van der Waals surface area contributed by atoms with Gasteiger partial charge in [0, 0.05) is 0 Å². The molecule has 0 aliphatic carbocycles. The third kappa shape index (κ3) is 1.47. The van der Waals surface area contributed by atoms with Gasteiger partial charge in [-0.3, -0.25) is 4.21 Å². The zero-order chi connectivity index (χ0) is 9.26. The average molecular weight is 196 g/mol. The summed E-state index contributed by atoms with van der Waals surface area (Å²) < 4.78 is 11.6. The summed E-state index contributed by atoms with van der Waals surface area (Å²) in [6.45, 7) is 0.605. The first-order chi connectivity index (χ1) is 6.33. The molecule has 1 heterocycles. The van der Waals surface area contributed by atoms with Crippen molar-refractivity contribution in [2.24, 2.45) is 5.73 Å². The summed E-state index contributed by atoms with van der Waals surface area (Å²) in [6, 6.07) is 5.93. The van der Waals surface area contributed by atoms with E-state index in [0.717, 1.165) is 22.6 Å². The highest BCUT2D eigenvalue weighted by Gasteiger charge is 2.19. The summed E-state index contributed by atoms with van der Waals surface area (Å²) in [4.78, 5) is 0.952. The minimum Gasteiger partial charge on any atom is -0.372 e. The molecule has 70 valence electrons. The van der Waals surface area contributed by atoms with Gasteiger partial charge in [-0.25, -0.2) is 0 Å². The molecule has 0 fully saturated rings. The van der Waals surface area contributed by atoms with Crippen LogP contribution < -0.4 is 11.1 Å². The van der Waals surface area contributed by atoms with E-state index in [2.05, 4.69) is 5.32 Å². The van der Waals surface area contributed by atoms with Crippen LogP contribution in [-0.2, 0) is 17.2 Å². The van der Waals surface area contributed by atoms with E-state index in [4.69, 9.17) is 5.73 Å². The molecular weight excluding hydrogens is 184 g/mol. The molecule has 0 aromatic heterocycles. The van der Waals surface area contributed by atoms with E-state index in [1.54, 1.807) is 0 Å². The second-order valence-corrected chi connectivity index (χ2v) is 4.39. The van der Waals surface area contributed by atoms with Crippen LogP contribution in [0.2, 0.25) is 0 Å². The third-order valence-electron chi connectivity index (χ3n) is 2.13. The molecule has 0 saturated heterocycles. The van der Waals surface area contributed by atoms with E-state index in [1.807, 2.05) is 18.2 Å². The van der Waals surface area contributed by atoms with Gasteiger partial charge in [0.05, 0.1) is 27.3 Å². The van der Waals surface area contributed by atoms with Gasteiger partial charge in [0.2, 0.25) is 0 Å². The van der Waals surface area contributed by atoms with Crippen molar-refractivity contribution >= 4 is 16.5 Å². The van der Waals surface area contributed by atoms with E-state index in [0.29, 0.717) is 12.4 Å². The van der Waals surface area contributed by atoms with E-state index in [9.17, 15) is 4.21 Å². The molecule has 0 amide bonds. The number of hydrogen-bond donors (Lipinski definition) is 2. The Hall–Kier alpha value is -0.870. The smallest absolute Gasteiger partial charge is 0.0959 e. The van der Waals surface area contributed by atoms with Crippen molar-refractivity contribution in [2.75, 3.05) is 17.7 Å². The van der Waals surface area contributed by atoms with Gasteiger partial charge in [-0.1, -0.05) is 12.1 Å². The van der Waals surface area contributed by atoms with Crippen LogP contribution in [0.5, 0.6) is 0 Å². The topological polar surface area (TPSA) is 55.1 Å². The maximum absolute atomic E-state index is 11.6. The van der Waals surface area contributed by atoms with Crippen LogP contribution in [0.4, 0.5) is 5.69 Å². The lowest BCUT2D eigenvalue weighted by molar-refractivity contribution is 0.685. The van der Waals surface area contributed by atoms with Gasteiger partial charge in [-0.15, -0.1) is 0 Å². The molecule has 1 aromatic carbocycles. The van der Waals surface area contributed by atoms with Crippen LogP contribution >= 0.6 is 0 Å². The van der Waals surface area contributed by atoms with Crippen molar-refractivity contribution in [1.82, 2.24) is 0 Å². The monoisotopic (exact) mass is 196 g/mol. The Morgan fingerprint density at radius 1 is 1.54 bits per heavy atom. The Balaban J connectivity index is 2.47. The summed E-state index contributed by atoms with van der Waals surface area (Å²) in [7, 11) is -0.877. The number of anilines is 1. The number of hydrogen-bond acceptors (Lipinski definition) is 3. The molecule has 0 radical (unpaired) electrons. The fourth-order valence-electron chi connectivity index (χ4n) is 1.56. The quantitative estimate of drug-likeness (QED) is 0.731. The highest BCUT2D eigenvalue weighted by atomic mass is 32.2. The first-order valence-electron chi connectivity index (χ1n) is 4.27. The lowest BCUT2D eigenvalue weighted by Crippen LogP contribution is -2.05. The minimum absolute atomic E-state index is 0.539. The molecule has 2 rings (SSSR count). The maximum Gasteiger partial charge on any atom is 0.0959 e. The number of nitrogens with one attached hydrogen (secondary N) is 1. The highest BCUT2D eigenvalue weighted by Crippen LogP contribution is 2.29. The van der Waals surface area contributed by atoms with Crippen molar-refractivity contribution in [1.29, 1.82) is 0 Å². The molecule has 1 unspecified atom stereocenters. The van der Waals surface area contributed by atoms with E-state index in [-0.39, 0.29) is 0 Å². The summed E-state index contributed by atoms with van der Waals surface area (Å²) in [5, 5.41) is 3.11. The standard InChI is InChI=1S/C9H12N2OS/c10-5-4-7-2-1-3-8-9(7)13(12)6-11-8/h1-3,11H,4-6,10H2. The second kappa shape index (κ2) is 3.47. The molecule has 1 aromatic rings. The van der Waals surface area contributed by atoms with Gasteiger partial charge < -0.3 is 11.1 Å². The van der Waals surface area contributed by atoms with Crippen LogP contribution in [0.3, 0.4) is 0 Å². The largest absolute Gasteiger partial charge is 0.372 e. The number of benzene rings is 1. The summed E-state index contributed by atoms with van der Waals surface area (Å²) in [6.07, 6.45) is 0.802. The first kappa shape index (κ1) is 8.72. The molecule has 4 heteroatoms. The number of fused-ring (bicyclic) bond motifs is 1. The Morgan fingerprint density at radius 2 is 2.38 bits per heavy atom. The molecule has 13 heavy (non-hydrogen) atoms. The molecule has 3 nitrogen and oxygen atoms in total. The van der Waals surface area contributed by atoms with Crippen LogP contribution in [0.15, 0.2) is 23.1 Å². The Kier molecular flexibility index (Phi) is 2.33.